The molecule has 2 nitrogen and oxygen atoms in total. The standard InChI is InChI=1S/C16H31NO/c1-12-10-16(11-13(2)18-12)17-14(3)15-8-6-4-5-7-9-15/h12-17H,4-11H2,1-3H3/t12?,13?,14-,16?/m0/s1. The monoisotopic (exact) mass is 253 g/mol. The molecule has 2 unspecified atom stereocenters. The third kappa shape index (κ3) is 4.24. The van der Waals surface area contributed by atoms with Crippen LogP contribution in [0.15, 0.2) is 0 Å². The summed E-state index contributed by atoms with van der Waals surface area (Å²) < 4.78 is 5.82. The number of nitrogens with one attached hydrogen (secondary N) is 1. The molecule has 18 heavy (non-hydrogen) atoms. The van der Waals surface area contributed by atoms with Crippen LogP contribution in [-0.4, -0.2) is 24.3 Å². The van der Waals surface area contributed by atoms with Crippen LogP contribution in [0.25, 0.3) is 0 Å². The molecule has 0 aromatic heterocycles. The van der Waals surface area contributed by atoms with Gasteiger partial charge in [-0.25, -0.2) is 0 Å². The largest absolute Gasteiger partial charge is 0.375 e. The highest BCUT2D eigenvalue weighted by Crippen LogP contribution is 2.27. The van der Waals surface area contributed by atoms with Gasteiger partial charge in [-0.2, -0.15) is 0 Å². The Kier molecular flexibility index (Phi) is 5.50. The Morgan fingerprint density at radius 3 is 2.06 bits per heavy atom. The van der Waals surface area contributed by atoms with E-state index in [4.69, 9.17) is 4.74 Å². The zero-order valence-electron chi connectivity index (χ0n) is 12.5. The molecule has 0 radical (unpaired) electrons. The molecule has 1 aliphatic heterocycles. The fraction of sp³-hybridized carbons (Fsp3) is 1.00. The van der Waals surface area contributed by atoms with E-state index >= 15 is 0 Å². The minimum atomic E-state index is 0.424. The molecule has 1 saturated heterocycles. The Hall–Kier alpha value is -0.0800. The van der Waals surface area contributed by atoms with E-state index < -0.39 is 0 Å². The topological polar surface area (TPSA) is 21.3 Å². The van der Waals surface area contributed by atoms with Gasteiger partial charge in [0, 0.05) is 12.1 Å². The van der Waals surface area contributed by atoms with Crippen molar-refractivity contribution >= 4 is 0 Å². The van der Waals surface area contributed by atoms with E-state index in [0.717, 1.165) is 5.92 Å². The van der Waals surface area contributed by atoms with E-state index in [-0.39, 0.29) is 0 Å². The molecule has 1 aliphatic carbocycles. The molecule has 2 heteroatoms. The Balaban J connectivity index is 1.80. The first-order valence-electron chi connectivity index (χ1n) is 8.06. The highest BCUT2D eigenvalue weighted by molar-refractivity contribution is 4.83. The summed E-state index contributed by atoms with van der Waals surface area (Å²) in [6.45, 7) is 6.82. The highest BCUT2D eigenvalue weighted by Gasteiger charge is 2.27. The molecule has 2 aliphatic rings. The summed E-state index contributed by atoms with van der Waals surface area (Å²) in [5.74, 6) is 0.904. The summed E-state index contributed by atoms with van der Waals surface area (Å²) in [6.07, 6.45) is 11.9. The minimum absolute atomic E-state index is 0.424. The molecule has 0 spiro atoms. The zero-order valence-corrected chi connectivity index (χ0v) is 12.5. The normalized spacial score (nSPS) is 37.2. The molecule has 106 valence electrons. The van der Waals surface area contributed by atoms with Crippen LogP contribution in [0.2, 0.25) is 0 Å². The highest BCUT2D eigenvalue weighted by atomic mass is 16.5. The lowest BCUT2D eigenvalue weighted by atomic mass is 9.91. The lowest BCUT2D eigenvalue weighted by Crippen LogP contribution is -2.47. The van der Waals surface area contributed by atoms with Crippen molar-refractivity contribution in [3.8, 4) is 0 Å². The van der Waals surface area contributed by atoms with E-state index in [1.54, 1.807) is 0 Å². The van der Waals surface area contributed by atoms with Gasteiger partial charge in [0.05, 0.1) is 12.2 Å². The molecular weight excluding hydrogens is 222 g/mol. The average molecular weight is 253 g/mol. The number of hydrogen-bond acceptors (Lipinski definition) is 2. The summed E-state index contributed by atoms with van der Waals surface area (Å²) in [4.78, 5) is 0. The van der Waals surface area contributed by atoms with Crippen LogP contribution in [0, 0.1) is 5.92 Å². The zero-order chi connectivity index (χ0) is 13.0. The van der Waals surface area contributed by atoms with Crippen LogP contribution in [0.3, 0.4) is 0 Å². The molecule has 1 heterocycles. The third-order valence-corrected chi connectivity index (χ3v) is 4.80. The van der Waals surface area contributed by atoms with Gasteiger partial charge in [-0.1, -0.05) is 25.7 Å². The van der Waals surface area contributed by atoms with Crippen LogP contribution < -0.4 is 5.32 Å². The maximum Gasteiger partial charge on any atom is 0.0565 e. The Bertz CT molecular complexity index is 225. The molecule has 0 aromatic rings. The number of rotatable bonds is 3. The van der Waals surface area contributed by atoms with Gasteiger partial charge >= 0.3 is 0 Å². The van der Waals surface area contributed by atoms with Crippen molar-refractivity contribution in [3.05, 3.63) is 0 Å². The smallest absolute Gasteiger partial charge is 0.0565 e. The molecule has 3 atom stereocenters. The maximum absolute atomic E-state index is 5.82. The summed E-state index contributed by atoms with van der Waals surface area (Å²) in [6, 6.07) is 1.35. The molecule has 0 aromatic carbocycles. The van der Waals surface area contributed by atoms with Gasteiger partial charge in [-0.05, 0) is 52.4 Å². The summed E-state index contributed by atoms with van der Waals surface area (Å²) in [5, 5.41) is 3.90. The van der Waals surface area contributed by atoms with Crippen molar-refractivity contribution in [2.24, 2.45) is 5.92 Å². The summed E-state index contributed by atoms with van der Waals surface area (Å²) >= 11 is 0. The molecular formula is C16H31NO. The fourth-order valence-corrected chi connectivity index (χ4v) is 3.86. The van der Waals surface area contributed by atoms with Crippen LogP contribution in [-0.2, 0) is 4.74 Å². The lowest BCUT2D eigenvalue weighted by Gasteiger charge is -2.36. The first-order valence-corrected chi connectivity index (χ1v) is 8.06. The van der Waals surface area contributed by atoms with Crippen molar-refractivity contribution in [2.45, 2.75) is 96.4 Å². The van der Waals surface area contributed by atoms with E-state index in [2.05, 4.69) is 26.1 Å². The Morgan fingerprint density at radius 1 is 0.944 bits per heavy atom. The third-order valence-electron chi connectivity index (χ3n) is 4.80. The van der Waals surface area contributed by atoms with Crippen LogP contribution in [0.1, 0.15) is 72.1 Å². The van der Waals surface area contributed by atoms with Crippen molar-refractivity contribution < 1.29 is 4.74 Å². The van der Waals surface area contributed by atoms with Crippen molar-refractivity contribution in [1.82, 2.24) is 5.32 Å². The van der Waals surface area contributed by atoms with Gasteiger partial charge in [0.1, 0.15) is 0 Å². The molecule has 2 fully saturated rings. The van der Waals surface area contributed by atoms with E-state index in [1.807, 2.05) is 0 Å². The van der Waals surface area contributed by atoms with Crippen molar-refractivity contribution in [3.63, 3.8) is 0 Å². The Labute approximate surface area is 113 Å². The van der Waals surface area contributed by atoms with Crippen LogP contribution >= 0.6 is 0 Å². The quantitative estimate of drug-likeness (QED) is 0.770. The van der Waals surface area contributed by atoms with Gasteiger partial charge in [0.15, 0.2) is 0 Å². The summed E-state index contributed by atoms with van der Waals surface area (Å²) in [7, 11) is 0. The predicted molar refractivity (Wildman–Crippen MR) is 76.8 cm³/mol. The second-order valence-electron chi connectivity index (χ2n) is 6.63. The van der Waals surface area contributed by atoms with Gasteiger partial charge in [-0.3, -0.25) is 0 Å². The summed E-state index contributed by atoms with van der Waals surface area (Å²) in [5.41, 5.74) is 0. The van der Waals surface area contributed by atoms with Gasteiger partial charge < -0.3 is 10.1 Å². The van der Waals surface area contributed by atoms with E-state index in [0.29, 0.717) is 24.3 Å². The molecule has 2 rings (SSSR count). The number of hydrogen-bond donors (Lipinski definition) is 1. The maximum atomic E-state index is 5.82. The van der Waals surface area contributed by atoms with Crippen LogP contribution in [0.4, 0.5) is 0 Å². The molecule has 1 saturated carbocycles. The second kappa shape index (κ2) is 6.91. The first kappa shape index (κ1) is 14.3. The van der Waals surface area contributed by atoms with Gasteiger partial charge in [-0.15, -0.1) is 0 Å². The van der Waals surface area contributed by atoms with Gasteiger partial charge in [0.2, 0.25) is 0 Å². The second-order valence-corrected chi connectivity index (χ2v) is 6.63. The average Bonchev–Trinajstić information content (AvgIpc) is 2.55. The van der Waals surface area contributed by atoms with E-state index in [9.17, 15) is 0 Å². The molecule has 1 N–H and O–H groups in total. The fourth-order valence-electron chi connectivity index (χ4n) is 3.86. The van der Waals surface area contributed by atoms with Gasteiger partial charge in [0.25, 0.3) is 0 Å². The van der Waals surface area contributed by atoms with Crippen LogP contribution in [0.5, 0.6) is 0 Å². The SMILES string of the molecule is CC1CC(N[C@@H](C)C2CCCCCC2)CC(C)O1. The molecule has 0 amide bonds. The Morgan fingerprint density at radius 2 is 1.50 bits per heavy atom. The molecule has 0 bridgehead atoms. The lowest BCUT2D eigenvalue weighted by molar-refractivity contribution is -0.0443. The van der Waals surface area contributed by atoms with Crippen molar-refractivity contribution in [1.29, 1.82) is 0 Å². The first-order chi connectivity index (χ1) is 8.65. The number of ether oxygens (including phenoxy) is 1. The van der Waals surface area contributed by atoms with E-state index in [1.165, 1.54) is 51.4 Å². The predicted octanol–water partition coefficient (Wildman–Crippen LogP) is 3.89. The van der Waals surface area contributed by atoms with Crippen molar-refractivity contribution in [2.75, 3.05) is 0 Å². The minimum Gasteiger partial charge on any atom is -0.375 e.